The summed E-state index contributed by atoms with van der Waals surface area (Å²) in [5.74, 6) is 2.03. The molecule has 1 fully saturated rings. The molecule has 1 amide bonds. The Hall–Kier alpha value is -1.26. The van der Waals surface area contributed by atoms with E-state index < -0.39 is 6.10 Å². The number of amides is 1. The van der Waals surface area contributed by atoms with Gasteiger partial charge in [-0.2, -0.15) is 0 Å². The summed E-state index contributed by atoms with van der Waals surface area (Å²) in [7, 11) is 0. The Labute approximate surface area is 156 Å². The van der Waals surface area contributed by atoms with Gasteiger partial charge in [0, 0.05) is 19.6 Å². The quantitative estimate of drug-likeness (QED) is 0.707. The number of likely N-dealkylation sites (tertiary alicyclic amines) is 1. The number of nitrogens with one attached hydrogen (secondary N) is 1. The Morgan fingerprint density at radius 1 is 1.32 bits per heavy atom. The first-order valence-electron chi connectivity index (χ1n) is 9.40. The van der Waals surface area contributed by atoms with Crippen LogP contribution in [0.4, 0.5) is 0 Å². The van der Waals surface area contributed by atoms with Gasteiger partial charge in [-0.1, -0.05) is 44.5 Å². The molecule has 2 rings (SSSR count). The maximum Gasteiger partial charge on any atom is 0.261 e. The molecular weight excluding hydrogens is 336 g/mol. The van der Waals surface area contributed by atoms with Gasteiger partial charge in [0.2, 0.25) is 0 Å². The Morgan fingerprint density at radius 2 is 2.00 bits per heavy atom. The summed E-state index contributed by atoms with van der Waals surface area (Å²) in [6.07, 6.45) is 2.39. The molecule has 1 aliphatic heterocycles. The summed E-state index contributed by atoms with van der Waals surface area (Å²) < 4.78 is 5.78. The number of benzene rings is 1. The van der Waals surface area contributed by atoms with E-state index in [1.165, 1.54) is 19.5 Å². The molecule has 1 heterocycles. The predicted octanol–water partition coefficient (Wildman–Crippen LogP) is 3.98. The molecule has 0 bridgehead atoms. The van der Waals surface area contributed by atoms with Crippen LogP contribution >= 0.6 is 11.6 Å². The molecule has 0 saturated carbocycles. The van der Waals surface area contributed by atoms with E-state index in [1.807, 2.05) is 19.1 Å². The molecule has 1 N–H and O–H groups in total. The van der Waals surface area contributed by atoms with Crippen molar-refractivity contribution >= 4 is 17.5 Å². The van der Waals surface area contributed by atoms with Gasteiger partial charge >= 0.3 is 0 Å². The normalized spacial score (nSPS) is 22.4. The number of carbonyl (C=O) groups is 1. The highest BCUT2D eigenvalue weighted by molar-refractivity contribution is 6.32. The molecule has 140 valence electrons. The minimum absolute atomic E-state index is 0.0669. The third-order valence-corrected chi connectivity index (χ3v) is 4.98. The predicted molar refractivity (Wildman–Crippen MR) is 103 cm³/mol. The minimum Gasteiger partial charge on any atom is -0.479 e. The molecule has 0 aromatic heterocycles. The topological polar surface area (TPSA) is 41.6 Å². The number of halogens is 1. The first-order valence-corrected chi connectivity index (χ1v) is 9.78. The Morgan fingerprint density at radius 3 is 2.64 bits per heavy atom. The second-order valence-electron chi connectivity index (χ2n) is 7.30. The van der Waals surface area contributed by atoms with Gasteiger partial charge in [0.15, 0.2) is 6.10 Å². The van der Waals surface area contributed by atoms with Gasteiger partial charge in [0.25, 0.3) is 5.91 Å². The van der Waals surface area contributed by atoms with Gasteiger partial charge in [0.05, 0.1) is 5.02 Å². The molecule has 0 unspecified atom stereocenters. The van der Waals surface area contributed by atoms with Crippen LogP contribution < -0.4 is 10.1 Å². The van der Waals surface area contributed by atoms with E-state index in [0.717, 1.165) is 24.8 Å². The highest BCUT2D eigenvalue weighted by Crippen LogP contribution is 2.25. The fourth-order valence-electron chi connectivity index (χ4n) is 3.62. The van der Waals surface area contributed by atoms with Gasteiger partial charge in [-0.25, -0.2) is 0 Å². The largest absolute Gasteiger partial charge is 0.479 e. The number of ether oxygens (including phenoxy) is 1. The number of rotatable bonds is 8. The molecule has 1 saturated heterocycles. The van der Waals surface area contributed by atoms with Crippen molar-refractivity contribution in [3.8, 4) is 5.75 Å². The summed E-state index contributed by atoms with van der Waals surface area (Å²) in [5, 5.41) is 3.53. The molecule has 4 nitrogen and oxygen atoms in total. The van der Waals surface area contributed by atoms with Crippen molar-refractivity contribution in [1.29, 1.82) is 0 Å². The molecule has 0 radical (unpaired) electrons. The van der Waals surface area contributed by atoms with E-state index >= 15 is 0 Å². The van der Waals surface area contributed by atoms with Crippen LogP contribution in [0.2, 0.25) is 5.02 Å². The van der Waals surface area contributed by atoms with Crippen molar-refractivity contribution in [2.45, 2.75) is 46.1 Å². The minimum atomic E-state index is -0.505. The van der Waals surface area contributed by atoms with Crippen LogP contribution in [0.25, 0.3) is 0 Å². The molecule has 3 atom stereocenters. The SMILES string of the molecule is CC[C@H](Oc1ccccc1Cl)C(=O)NCCCN1C[C@@H](C)C[C@H](C)C1. The molecule has 5 heteroatoms. The summed E-state index contributed by atoms with van der Waals surface area (Å²) >= 11 is 6.10. The Balaban J connectivity index is 1.72. The highest BCUT2D eigenvalue weighted by Gasteiger charge is 2.22. The monoisotopic (exact) mass is 366 g/mol. The number of hydrogen-bond donors (Lipinski definition) is 1. The van der Waals surface area contributed by atoms with Crippen LogP contribution in [-0.4, -0.2) is 43.1 Å². The molecule has 0 spiro atoms. The summed E-state index contributed by atoms with van der Waals surface area (Å²) in [5.41, 5.74) is 0. The lowest BCUT2D eigenvalue weighted by Crippen LogP contribution is -2.41. The lowest BCUT2D eigenvalue weighted by Gasteiger charge is -2.35. The van der Waals surface area contributed by atoms with E-state index in [4.69, 9.17) is 16.3 Å². The van der Waals surface area contributed by atoms with Crippen molar-refractivity contribution in [2.75, 3.05) is 26.2 Å². The molecule has 1 aliphatic rings. The van der Waals surface area contributed by atoms with E-state index in [1.54, 1.807) is 12.1 Å². The average molecular weight is 367 g/mol. The molecule has 1 aromatic rings. The zero-order valence-electron chi connectivity index (χ0n) is 15.6. The van der Waals surface area contributed by atoms with Crippen molar-refractivity contribution in [3.05, 3.63) is 29.3 Å². The van der Waals surface area contributed by atoms with E-state index in [2.05, 4.69) is 24.1 Å². The van der Waals surface area contributed by atoms with E-state index in [0.29, 0.717) is 23.7 Å². The fourth-order valence-corrected chi connectivity index (χ4v) is 3.80. The Kier molecular flexibility index (Phi) is 8.04. The van der Waals surface area contributed by atoms with Crippen molar-refractivity contribution < 1.29 is 9.53 Å². The number of para-hydroxylation sites is 1. The van der Waals surface area contributed by atoms with Gasteiger partial charge in [-0.05, 0) is 49.8 Å². The third kappa shape index (κ3) is 6.52. The van der Waals surface area contributed by atoms with Crippen LogP contribution in [-0.2, 0) is 4.79 Å². The van der Waals surface area contributed by atoms with Crippen LogP contribution in [0.1, 0.15) is 40.0 Å². The van der Waals surface area contributed by atoms with Crippen molar-refractivity contribution in [1.82, 2.24) is 10.2 Å². The fraction of sp³-hybridized carbons (Fsp3) is 0.650. The summed E-state index contributed by atoms with van der Waals surface area (Å²) in [6.45, 7) is 10.6. The number of piperidine rings is 1. The zero-order valence-corrected chi connectivity index (χ0v) is 16.4. The smallest absolute Gasteiger partial charge is 0.261 e. The molecule has 1 aromatic carbocycles. The number of hydrogen-bond acceptors (Lipinski definition) is 3. The number of carbonyl (C=O) groups excluding carboxylic acids is 1. The third-order valence-electron chi connectivity index (χ3n) is 4.66. The molecule has 0 aliphatic carbocycles. The first kappa shape index (κ1) is 20.1. The highest BCUT2D eigenvalue weighted by atomic mass is 35.5. The lowest BCUT2D eigenvalue weighted by molar-refractivity contribution is -0.128. The van der Waals surface area contributed by atoms with Gasteiger partial charge in [0.1, 0.15) is 5.75 Å². The van der Waals surface area contributed by atoms with Gasteiger partial charge in [-0.15, -0.1) is 0 Å². The molecule has 25 heavy (non-hydrogen) atoms. The average Bonchev–Trinajstić information content (AvgIpc) is 2.57. The van der Waals surface area contributed by atoms with E-state index in [-0.39, 0.29) is 5.91 Å². The second kappa shape index (κ2) is 10.0. The first-order chi connectivity index (χ1) is 12.0. The maximum atomic E-state index is 12.4. The molecular formula is C20H31ClN2O2. The van der Waals surface area contributed by atoms with Crippen LogP contribution in [0, 0.1) is 11.8 Å². The van der Waals surface area contributed by atoms with Gasteiger partial charge in [-0.3, -0.25) is 4.79 Å². The standard InChI is InChI=1S/C20H31ClN2O2/c1-4-18(25-19-9-6-5-8-17(19)21)20(24)22-10-7-11-23-13-15(2)12-16(3)14-23/h5-6,8-9,15-16,18H,4,7,10-14H2,1-3H3,(H,22,24)/t15-,16-,18-/m0/s1. The summed E-state index contributed by atoms with van der Waals surface area (Å²) in [4.78, 5) is 14.9. The van der Waals surface area contributed by atoms with Crippen LogP contribution in [0.3, 0.4) is 0 Å². The maximum absolute atomic E-state index is 12.4. The van der Waals surface area contributed by atoms with Gasteiger partial charge < -0.3 is 15.0 Å². The van der Waals surface area contributed by atoms with E-state index in [9.17, 15) is 4.79 Å². The van der Waals surface area contributed by atoms with Crippen molar-refractivity contribution in [2.24, 2.45) is 11.8 Å². The van der Waals surface area contributed by atoms with Crippen molar-refractivity contribution in [3.63, 3.8) is 0 Å². The second-order valence-corrected chi connectivity index (χ2v) is 7.70. The Bertz CT molecular complexity index is 542. The van der Waals surface area contributed by atoms with Crippen LogP contribution in [0.15, 0.2) is 24.3 Å². The van der Waals surface area contributed by atoms with Crippen LogP contribution in [0.5, 0.6) is 5.75 Å². The lowest BCUT2D eigenvalue weighted by atomic mass is 9.92. The number of nitrogens with zero attached hydrogens (tertiary/aromatic N) is 1. The summed E-state index contributed by atoms with van der Waals surface area (Å²) in [6, 6.07) is 7.25. The zero-order chi connectivity index (χ0) is 18.2.